The highest BCUT2D eigenvalue weighted by Crippen LogP contribution is 2.32. The van der Waals surface area contributed by atoms with Crippen LogP contribution in [0.2, 0.25) is 10.0 Å². The molecule has 4 rings (SSSR count). The number of halogens is 2. The highest BCUT2D eigenvalue weighted by atomic mass is 35.5. The Balaban J connectivity index is 1.45. The topological polar surface area (TPSA) is 50.4 Å². The molecule has 0 spiro atoms. The maximum atomic E-state index is 12.6. The second kappa shape index (κ2) is 11.7. The van der Waals surface area contributed by atoms with Crippen LogP contribution in [0, 0.1) is 0 Å². The number of ether oxygens (including phenoxy) is 1. The highest BCUT2D eigenvalue weighted by molar-refractivity contribution is 8.05. The summed E-state index contributed by atoms with van der Waals surface area (Å²) in [5, 5.41) is 7.35. The number of hydrogen-bond acceptors (Lipinski definition) is 4. The molecule has 4 nitrogen and oxygen atoms in total. The second-order valence-electron chi connectivity index (χ2n) is 8.07. The van der Waals surface area contributed by atoms with Gasteiger partial charge in [0.1, 0.15) is 12.4 Å². The Kier molecular flexibility index (Phi) is 8.45. The van der Waals surface area contributed by atoms with Gasteiger partial charge in [-0.25, -0.2) is 0 Å². The molecule has 0 unspecified atom stereocenters. The number of aryl methyl sites for hydroxylation is 1. The third-order valence-electron chi connectivity index (χ3n) is 5.52. The van der Waals surface area contributed by atoms with Crippen LogP contribution < -0.4 is 15.4 Å². The molecule has 1 saturated heterocycles. The van der Waals surface area contributed by atoms with Gasteiger partial charge in [0.05, 0.1) is 15.0 Å². The summed E-state index contributed by atoms with van der Waals surface area (Å²) in [5.41, 5.74) is 4.87. The summed E-state index contributed by atoms with van der Waals surface area (Å²) < 4.78 is 6.05. The first kappa shape index (κ1) is 25.2. The smallest absolute Gasteiger partial charge is 0.260 e. The predicted molar refractivity (Wildman–Crippen MR) is 148 cm³/mol. The molecule has 1 atom stereocenters. The molecule has 0 saturated carbocycles. The van der Waals surface area contributed by atoms with Crippen LogP contribution in [-0.2, 0) is 24.2 Å². The minimum atomic E-state index is -0.220. The molecule has 1 fully saturated rings. The maximum Gasteiger partial charge on any atom is 0.260 e. The van der Waals surface area contributed by atoms with Crippen molar-refractivity contribution < 1.29 is 9.53 Å². The number of nitrogens with one attached hydrogen (secondary N) is 2. The van der Waals surface area contributed by atoms with Gasteiger partial charge in [-0.1, -0.05) is 72.2 Å². The van der Waals surface area contributed by atoms with Crippen LogP contribution in [-0.4, -0.2) is 11.4 Å². The first-order valence-corrected chi connectivity index (χ1v) is 12.9. The molecule has 7 heteroatoms. The lowest BCUT2D eigenvalue weighted by molar-refractivity contribution is -0.116. The molecule has 0 aromatic heterocycles. The summed E-state index contributed by atoms with van der Waals surface area (Å²) in [6, 6.07) is 19.6. The molecule has 0 bridgehead atoms. The number of rotatable bonds is 9. The van der Waals surface area contributed by atoms with Crippen LogP contribution in [0.15, 0.2) is 78.2 Å². The third kappa shape index (κ3) is 6.63. The lowest BCUT2D eigenvalue weighted by Crippen LogP contribution is -2.30. The van der Waals surface area contributed by atoms with Gasteiger partial charge in [-0.3, -0.25) is 4.79 Å². The number of anilines is 1. The summed E-state index contributed by atoms with van der Waals surface area (Å²) in [6.07, 6.45) is 5.37. The Morgan fingerprint density at radius 2 is 1.83 bits per heavy atom. The monoisotopic (exact) mass is 524 g/mol. The van der Waals surface area contributed by atoms with E-state index in [1.165, 1.54) is 17.3 Å². The van der Waals surface area contributed by atoms with E-state index in [1.807, 2.05) is 48.6 Å². The minimum Gasteiger partial charge on any atom is -0.489 e. The molecule has 3 aromatic carbocycles. The van der Waals surface area contributed by atoms with Gasteiger partial charge in [-0.05, 0) is 77.6 Å². The van der Waals surface area contributed by atoms with E-state index in [0.717, 1.165) is 34.5 Å². The van der Waals surface area contributed by atoms with Gasteiger partial charge in [0, 0.05) is 5.69 Å². The van der Waals surface area contributed by atoms with Crippen molar-refractivity contribution in [2.75, 3.05) is 5.32 Å². The first-order valence-electron chi connectivity index (χ1n) is 11.3. The van der Waals surface area contributed by atoms with Gasteiger partial charge in [0.2, 0.25) is 0 Å². The third-order valence-corrected chi connectivity index (χ3v) is 7.28. The number of allylic oxidation sites excluding steroid dienone is 1. The van der Waals surface area contributed by atoms with Crippen LogP contribution in [0.5, 0.6) is 5.75 Å². The van der Waals surface area contributed by atoms with E-state index < -0.39 is 0 Å². The predicted octanol–water partition coefficient (Wildman–Crippen LogP) is 7.46. The van der Waals surface area contributed by atoms with Crippen molar-refractivity contribution in [1.82, 2.24) is 5.32 Å². The van der Waals surface area contributed by atoms with Crippen molar-refractivity contribution in [2.45, 2.75) is 31.9 Å². The van der Waals surface area contributed by atoms with Gasteiger partial charge < -0.3 is 15.4 Å². The van der Waals surface area contributed by atoms with Crippen molar-refractivity contribution >= 4 is 52.6 Å². The average molecular weight is 526 g/mol. The maximum absolute atomic E-state index is 12.6. The van der Waals surface area contributed by atoms with E-state index in [9.17, 15) is 4.79 Å². The standard InChI is InChI=1S/C28H26Cl2N2O2S/c1-3-5-21-14-19(9-13-25(21)34-17-20-8-12-23(29)24(30)15-20)16-26-27(33)32-28(35-26)31-22-10-6-18(4-2)7-11-22/h3,6-16,28,31H,1,4-5,17H2,2H3,(H,32,33)/b26-16-/t28-/m0/s1. The lowest BCUT2D eigenvalue weighted by atomic mass is 10.1. The fourth-order valence-electron chi connectivity index (χ4n) is 3.64. The first-order chi connectivity index (χ1) is 16.9. The van der Waals surface area contributed by atoms with E-state index in [1.54, 1.807) is 12.1 Å². The summed E-state index contributed by atoms with van der Waals surface area (Å²) in [7, 11) is 0. The molecule has 180 valence electrons. The molecule has 0 radical (unpaired) electrons. The van der Waals surface area contributed by atoms with E-state index in [0.29, 0.717) is 28.0 Å². The summed E-state index contributed by atoms with van der Waals surface area (Å²) in [4.78, 5) is 13.2. The van der Waals surface area contributed by atoms with Gasteiger partial charge in [0.25, 0.3) is 5.91 Å². The molecule has 3 aromatic rings. The van der Waals surface area contributed by atoms with E-state index >= 15 is 0 Å². The molecule has 1 amide bonds. The Labute approximate surface area is 220 Å². The second-order valence-corrected chi connectivity index (χ2v) is 10.0. The molecule has 2 N–H and O–H groups in total. The van der Waals surface area contributed by atoms with Crippen LogP contribution >= 0.6 is 35.0 Å². The Hall–Kier alpha value is -2.86. The fraction of sp³-hybridized carbons (Fsp3) is 0.179. The van der Waals surface area contributed by atoms with Crippen molar-refractivity contribution in [3.8, 4) is 5.75 Å². The van der Waals surface area contributed by atoms with Crippen molar-refractivity contribution in [2.24, 2.45) is 0 Å². The Bertz CT molecular complexity index is 1260. The largest absolute Gasteiger partial charge is 0.489 e. The minimum absolute atomic E-state index is 0.0945. The number of benzene rings is 3. The van der Waals surface area contributed by atoms with Crippen LogP contribution in [0.4, 0.5) is 5.69 Å². The van der Waals surface area contributed by atoms with E-state index in [-0.39, 0.29) is 11.4 Å². The summed E-state index contributed by atoms with van der Waals surface area (Å²) >= 11 is 13.6. The number of carbonyl (C=O) groups excluding carboxylic acids is 1. The normalized spacial score (nSPS) is 16.3. The highest BCUT2D eigenvalue weighted by Gasteiger charge is 2.27. The van der Waals surface area contributed by atoms with E-state index in [2.05, 4.69) is 36.3 Å². The van der Waals surface area contributed by atoms with Crippen molar-refractivity contribution in [1.29, 1.82) is 0 Å². The van der Waals surface area contributed by atoms with Gasteiger partial charge in [-0.2, -0.15) is 0 Å². The van der Waals surface area contributed by atoms with Crippen LogP contribution in [0.1, 0.15) is 29.2 Å². The fourth-order valence-corrected chi connectivity index (χ4v) is 4.95. The average Bonchev–Trinajstić information content (AvgIpc) is 3.19. The van der Waals surface area contributed by atoms with Gasteiger partial charge in [-0.15, -0.1) is 6.58 Å². The molecular formula is C28H26Cl2N2O2S. The quantitative estimate of drug-likeness (QED) is 0.225. The zero-order valence-electron chi connectivity index (χ0n) is 19.3. The summed E-state index contributed by atoms with van der Waals surface area (Å²) in [6.45, 7) is 6.36. The number of carbonyl (C=O) groups is 1. The SMILES string of the molecule is C=CCc1cc(/C=C2\S[C@@H](Nc3ccc(CC)cc3)NC2=O)ccc1OCc1ccc(Cl)c(Cl)c1. The van der Waals surface area contributed by atoms with Crippen molar-refractivity contribution in [3.05, 3.63) is 111 Å². The number of amides is 1. The van der Waals surface area contributed by atoms with Gasteiger partial charge >= 0.3 is 0 Å². The number of thioether (sulfide) groups is 1. The summed E-state index contributed by atoms with van der Waals surface area (Å²) in [5.74, 6) is 0.666. The molecule has 1 aliphatic rings. The molecule has 1 heterocycles. The van der Waals surface area contributed by atoms with Crippen molar-refractivity contribution in [3.63, 3.8) is 0 Å². The van der Waals surface area contributed by atoms with Crippen LogP contribution in [0.25, 0.3) is 6.08 Å². The lowest BCUT2D eigenvalue weighted by Gasteiger charge is -2.13. The zero-order valence-corrected chi connectivity index (χ0v) is 21.6. The van der Waals surface area contributed by atoms with Crippen LogP contribution in [0.3, 0.4) is 0 Å². The molecule has 0 aliphatic carbocycles. The van der Waals surface area contributed by atoms with E-state index in [4.69, 9.17) is 27.9 Å². The molecule has 1 aliphatic heterocycles. The number of hydrogen-bond donors (Lipinski definition) is 2. The Morgan fingerprint density at radius 3 is 2.54 bits per heavy atom. The zero-order chi connectivity index (χ0) is 24.8. The molecular weight excluding hydrogens is 499 g/mol. The Morgan fingerprint density at radius 1 is 1.06 bits per heavy atom. The molecule has 35 heavy (non-hydrogen) atoms. The van der Waals surface area contributed by atoms with Gasteiger partial charge in [0.15, 0.2) is 5.50 Å².